The standard InChI is InChI=1S/C44H32N2O2/c47-43-37(25-35(31-15-5-1-6-16-31)27-39(43)33-19-9-3-10-20-33)29-45-41-23-13-14-24-42(41)46-30-38-26-36(32-17-7-2-8-18-32)28-40(44(38)48)34-21-11-4-12-22-34/h1-30,47-48H. The molecule has 4 nitrogen and oxygen atoms in total. The second-order valence-corrected chi connectivity index (χ2v) is 11.4. The molecule has 0 atom stereocenters. The maximum Gasteiger partial charge on any atom is 0.132 e. The van der Waals surface area contributed by atoms with Crippen LogP contribution >= 0.6 is 0 Å². The minimum Gasteiger partial charge on any atom is -0.507 e. The first-order valence-corrected chi connectivity index (χ1v) is 15.8. The largest absolute Gasteiger partial charge is 0.507 e. The molecule has 4 heteroatoms. The van der Waals surface area contributed by atoms with E-state index in [1.807, 2.05) is 146 Å². The van der Waals surface area contributed by atoms with Gasteiger partial charge in [-0.05, 0) is 69.8 Å². The number of hydrogen-bond donors (Lipinski definition) is 2. The molecule has 0 amide bonds. The molecule has 0 heterocycles. The summed E-state index contributed by atoms with van der Waals surface area (Å²) in [5, 5.41) is 22.9. The van der Waals surface area contributed by atoms with Crippen LogP contribution in [-0.4, -0.2) is 22.6 Å². The normalized spacial score (nSPS) is 11.3. The number of aliphatic imine (C=N–C) groups is 2. The molecule has 7 rings (SSSR count). The zero-order chi connectivity index (χ0) is 32.7. The van der Waals surface area contributed by atoms with Gasteiger partial charge in [-0.1, -0.05) is 133 Å². The third-order valence-corrected chi connectivity index (χ3v) is 8.23. The molecule has 48 heavy (non-hydrogen) atoms. The first-order chi connectivity index (χ1) is 23.6. The van der Waals surface area contributed by atoms with E-state index in [4.69, 9.17) is 9.98 Å². The van der Waals surface area contributed by atoms with Gasteiger partial charge in [-0.25, -0.2) is 0 Å². The Morgan fingerprint density at radius 3 is 1.00 bits per heavy atom. The van der Waals surface area contributed by atoms with Crippen LogP contribution in [0.4, 0.5) is 11.4 Å². The van der Waals surface area contributed by atoms with Crippen LogP contribution in [0.2, 0.25) is 0 Å². The van der Waals surface area contributed by atoms with Gasteiger partial charge in [0, 0.05) is 34.7 Å². The summed E-state index contributed by atoms with van der Waals surface area (Å²) < 4.78 is 0. The van der Waals surface area contributed by atoms with Crippen molar-refractivity contribution in [3.63, 3.8) is 0 Å². The molecule has 2 N–H and O–H groups in total. The topological polar surface area (TPSA) is 65.2 Å². The lowest BCUT2D eigenvalue weighted by Crippen LogP contribution is -1.91. The summed E-state index contributed by atoms with van der Waals surface area (Å²) in [5.41, 5.74) is 9.77. The highest BCUT2D eigenvalue weighted by Gasteiger charge is 2.14. The second kappa shape index (κ2) is 13.9. The fourth-order valence-electron chi connectivity index (χ4n) is 5.74. The lowest BCUT2D eigenvalue weighted by atomic mass is 9.95. The van der Waals surface area contributed by atoms with E-state index in [1.165, 1.54) is 0 Å². The van der Waals surface area contributed by atoms with Crippen molar-refractivity contribution < 1.29 is 10.2 Å². The molecular formula is C44H32N2O2. The van der Waals surface area contributed by atoms with Crippen molar-refractivity contribution in [2.24, 2.45) is 9.98 Å². The Kier molecular flexibility index (Phi) is 8.70. The van der Waals surface area contributed by atoms with E-state index in [1.54, 1.807) is 12.4 Å². The summed E-state index contributed by atoms with van der Waals surface area (Å²) in [6, 6.07) is 55.4. The minimum absolute atomic E-state index is 0.154. The van der Waals surface area contributed by atoms with Crippen molar-refractivity contribution in [2.45, 2.75) is 0 Å². The van der Waals surface area contributed by atoms with Gasteiger partial charge in [-0.3, -0.25) is 9.98 Å². The summed E-state index contributed by atoms with van der Waals surface area (Å²) in [5.74, 6) is 0.309. The number of phenols is 2. The summed E-state index contributed by atoms with van der Waals surface area (Å²) >= 11 is 0. The van der Waals surface area contributed by atoms with Crippen molar-refractivity contribution in [3.05, 3.63) is 181 Å². The second-order valence-electron chi connectivity index (χ2n) is 11.4. The average molecular weight is 621 g/mol. The molecule has 0 radical (unpaired) electrons. The van der Waals surface area contributed by atoms with Gasteiger partial charge in [0.05, 0.1) is 11.4 Å². The van der Waals surface area contributed by atoms with E-state index in [0.29, 0.717) is 22.5 Å². The van der Waals surface area contributed by atoms with E-state index in [-0.39, 0.29) is 11.5 Å². The number of rotatable bonds is 8. The Bertz CT molecular complexity index is 2070. The van der Waals surface area contributed by atoms with E-state index >= 15 is 0 Å². The predicted octanol–water partition coefficient (Wildman–Crippen LogP) is 11.3. The maximum absolute atomic E-state index is 11.4. The van der Waals surface area contributed by atoms with Crippen molar-refractivity contribution >= 4 is 23.8 Å². The van der Waals surface area contributed by atoms with Crippen molar-refractivity contribution in [2.75, 3.05) is 0 Å². The number of benzene rings is 7. The van der Waals surface area contributed by atoms with Gasteiger partial charge < -0.3 is 10.2 Å². The summed E-state index contributed by atoms with van der Waals surface area (Å²) in [6.45, 7) is 0. The monoisotopic (exact) mass is 620 g/mol. The van der Waals surface area contributed by atoms with Gasteiger partial charge >= 0.3 is 0 Å². The summed E-state index contributed by atoms with van der Waals surface area (Å²) in [7, 11) is 0. The van der Waals surface area contributed by atoms with Crippen LogP contribution in [0.1, 0.15) is 11.1 Å². The first kappa shape index (κ1) is 30.2. The molecule has 0 aliphatic rings. The predicted molar refractivity (Wildman–Crippen MR) is 199 cm³/mol. The van der Waals surface area contributed by atoms with Crippen molar-refractivity contribution in [3.8, 4) is 56.0 Å². The highest BCUT2D eigenvalue weighted by Crippen LogP contribution is 2.39. The number of nitrogens with zero attached hydrogens (tertiary/aromatic N) is 2. The van der Waals surface area contributed by atoms with Crippen LogP contribution in [0, 0.1) is 0 Å². The number of para-hydroxylation sites is 2. The molecule has 0 saturated carbocycles. The van der Waals surface area contributed by atoms with E-state index < -0.39 is 0 Å². The molecule has 7 aromatic rings. The lowest BCUT2D eigenvalue weighted by molar-refractivity contribution is 0.476. The van der Waals surface area contributed by atoms with Gasteiger partial charge in [0.1, 0.15) is 11.5 Å². The molecule has 0 aliphatic heterocycles. The summed E-state index contributed by atoms with van der Waals surface area (Å²) in [4.78, 5) is 9.62. The molecule has 0 bridgehead atoms. The molecule has 7 aromatic carbocycles. The molecule has 230 valence electrons. The highest BCUT2D eigenvalue weighted by molar-refractivity contribution is 5.96. The van der Waals surface area contributed by atoms with Gasteiger partial charge in [-0.2, -0.15) is 0 Å². The quantitative estimate of drug-likeness (QED) is 0.166. The Hall–Kier alpha value is -6.52. The third-order valence-electron chi connectivity index (χ3n) is 8.23. The first-order valence-electron chi connectivity index (χ1n) is 15.8. The van der Waals surface area contributed by atoms with Gasteiger partial charge in [0.2, 0.25) is 0 Å². The number of aromatic hydroxyl groups is 2. The minimum atomic E-state index is 0.154. The average Bonchev–Trinajstić information content (AvgIpc) is 3.16. The molecule has 0 spiro atoms. The SMILES string of the molecule is Oc1c(C=Nc2ccccc2N=Cc2cc(-c3ccccc3)cc(-c3ccccc3)c2O)cc(-c2ccccc2)cc1-c1ccccc1. The lowest BCUT2D eigenvalue weighted by Gasteiger charge is -2.12. The van der Waals surface area contributed by atoms with Crippen molar-refractivity contribution in [1.82, 2.24) is 0 Å². The Morgan fingerprint density at radius 2 is 0.646 bits per heavy atom. The third kappa shape index (κ3) is 6.55. The van der Waals surface area contributed by atoms with Crippen LogP contribution in [0.25, 0.3) is 44.5 Å². The summed E-state index contributed by atoms with van der Waals surface area (Å²) in [6.07, 6.45) is 3.37. The van der Waals surface area contributed by atoms with Crippen molar-refractivity contribution in [1.29, 1.82) is 0 Å². The molecule has 0 aromatic heterocycles. The highest BCUT2D eigenvalue weighted by atomic mass is 16.3. The number of phenolic OH excluding ortho intramolecular Hbond substituents is 2. The molecule has 0 unspecified atom stereocenters. The smallest absolute Gasteiger partial charge is 0.132 e. The molecular weight excluding hydrogens is 588 g/mol. The number of hydrogen-bond acceptors (Lipinski definition) is 4. The fourth-order valence-corrected chi connectivity index (χ4v) is 5.74. The molecule has 0 fully saturated rings. The van der Waals surface area contributed by atoms with Crippen LogP contribution in [-0.2, 0) is 0 Å². The van der Waals surface area contributed by atoms with E-state index in [9.17, 15) is 10.2 Å². The van der Waals surface area contributed by atoms with Crippen LogP contribution in [0.15, 0.2) is 180 Å². The molecule has 0 saturated heterocycles. The zero-order valence-electron chi connectivity index (χ0n) is 26.1. The van der Waals surface area contributed by atoms with E-state index in [2.05, 4.69) is 24.3 Å². The maximum atomic E-state index is 11.4. The Labute approximate surface area is 280 Å². The van der Waals surface area contributed by atoms with Crippen LogP contribution < -0.4 is 0 Å². The zero-order valence-corrected chi connectivity index (χ0v) is 26.1. The van der Waals surface area contributed by atoms with Crippen LogP contribution in [0.3, 0.4) is 0 Å². The van der Waals surface area contributed by atoms with Crippen LogP contribution in [0.5, 0.6) is 11.5 Å². The van der Waals surface area contributed by atoms with E-state index in [0.717, 1.165) is 44.5 Å². The van der Waals surface area contributed by atoms with Gasteiger partial charge in [0.15, 0.2) is 0 Å². The van der Waals surface area contributed by atoms with Gasteiger partial charge in [-0.15, -0.1) is 0 Å². The molecule has 0 aliphatic carbocycles. The Balaban J connectivity index is 1.28. The van der Waals surface area contributed by atoms with Gasteiger partial charge in [0.25, 0.3) is 0 Å². The fraction of sp³-hybridized carbons (Fsp3) is 0. The Morgan fingerprint density at radius 1 is 0.333 bits per heavy atom.